The van der Waals surface area contributed by atoms with E-state index in [1.165, 1.54) is 18.7 Å². The maximum atomic E-state index is 12.6. The number of hydrogen-bond donors (Lipinski definition) is 3. The van der Waals surface area contributed by atoms with Gasteiger partial charge in [0.05, 0.1) is 25.6 Å². The zero-order valence-corrected chi connectivity index (χ0v) is 15.5. The highest BCUT2D eigenvalue weighted by Gasteiger charge is 2.18. The van der Waals surface area contributed by atoms with E-state index in [0.717, 1.165) is 0 Å². The van der Waals surface area contributed by atoms with Gasteiger partial charge in [0, 0.05) is 16.9 Å². The van der Waals surface area contributed by atoms with Gasteiger partial charge in [0.15, 0.2) is 0 Å². The van der Waals surface area contributed by atoms with Gasteiger partial charge in [-0.15, -0.1) is 0 Å². The Labute approximate surface area is 166 Å². The minimum atomic E-state index is -0.546. The number of benzene rings is 1. The molecule has 2 heterocycles. The second kappa shape index (κ2) is 9.48. The summed E-state index contributed by atoms with van der Waals surface area (Å²) in [5.41, 5.74) is 0.590. The van der Waals surface area contributed by atoms with E-state index < -0.39 is 11.8 Å². The number of carbonyl (C=O) groups is 2. The van der Waals surface area contributed by atoms with E-state index in [2.05, 4.69) is 16.0 Å². The first-order valence-electron chi connectivity index (χ1n) is 8.45. The lowest BCUT2D eigenvalue weighted by molar-refractivity contribution is -0.123. The van der Waals surface area contributed by atoms with E-state index in [-0.39, 0.29) is 18.7 Å². The van der Waals surface area contributed by atoms with Crippen LogP contribution in [0.15, 0.2) is 81.7 Å². The summed E-state index contributed by atoms with van der Waals surface area (Å²) >= 11 is 5.87. The van der Waals surface area contributed by atoms with Crippen molar-refractivity contribution >= 4 is 29.1 Å². The average molecular weight is 400 g/mol. The Morgan fingerprint density at radius 2 is 1.39 bits per heavy atom. The second-order valence-corrected chi connectivity index (χ2v) is 6.17. The molecule has 8 heteroatoms. The molecule has 0 fully saturated rings. The number of amides is 2. The molecular formula is C20H18ClN3O4. The normalized spacial score (nSPS) is 10.2. The maximum absolute atomic E-state index is 12.6. The molecular weight excluding hydrogens is 382 g/mol. The summed E-state index contributed by atoms with van der Waals surface area (Å²) in [4.78, 5) is 25.1. The standard InChI is InChI=1S/C20H18ClN3O4/c21-14-5-7-15(8-6-14)22-13-18(19(25)23-11-16-3-1-9-27-16)20(26)24-12-17-4-2-10-28-17/h1-10,13,22H,11-12H2,(H,23,25)(H,24,26). The van der Waals surface area contributed by atoms with Crippen molar-refractivity contribution in [3.63, 3.8) is 0 Å². The lowest BCUT2D eigenvalue weighted by Crippen LogP contribution is -2.34. The molecule has 0 bridgehead atoms. The number of carbonyl (C=O) groups excluding carboxylic acids is 2. The van der Waals surface area contributed by atoms with Gasteiger partial charge in [-0.3, -0.25) is 9.59 Å². The van der Waals surface area contributed by atoms with Gasteiger partial charge in [-0.05, 0) is 48.5 Å². The first-order valence-corrected chi connectivity index (χ1v) is 8.83. The van der Waals surface area contributed by atoms with Crippen LogP contribution in [0.1, 0.15) is 11.5 Å². The van der Waals surface area contributed by atoms with Gasteiger partial charge >= 0.3 is 0 Å². The molecule has 3 aromatic rings. The molecule has 0 saturated heterocycles. The summed E-state index contributed by atoms with van der Waals surface area (Å²) in [7, 11) is 0. The molecule has 0 atom stereocenters. The zero-order chi connectivity index (χ0) is 19.8. The first kappa shape index (κ1) is 19.3. The molecule has 144 valence electrons. The topological polar surface area (TPSA) is 96.5 Å². The molecule has 0 aliphatic rings. The molecule has 3 N–H and O–H groups in total. The van der Waals surface area contributed by atoms with Crippen molar-refractivity contribution in [2.24, 2.45) is 0 Å². The van der Waals surface area contributed by atoms with Gasteiger partial charge in [0.25, 0.3) is 11.8 Å². The number of rotatable bonds is 8. The van der Waals surface area contributed by atoms with E-state index in [4.69, 9.17) is 20.4 Å². The minimum Gasteiger partial charge on any atom is -0.467 e. The SMILES string of the molecule is O=C(NCc1ccco1)C(=CNc1ccc(Cl)cc1)C(=O)NCc1ccco1. The molecule has 0 spiro atoms. The van der Waals surface area contributed by atoms with Gasteiger partial charge < -0.3 is 24.8 Å². The fourth-order valence-corrected chi connectivity index (χ4v) is 2.41. The van der Waals surface area contributed by atoms with Crippen LogP contribution in [0.5, 0.6) is 0 Å². The van der Waals surface area contributed by atoms with Gasteiger partial charge in [0.1, 0.15) is 17.1 Å². The fourth-order valence-electron chi connectivity index (χ4n) is 2.29. The molecule has 28 heavy (non-hydrogen) atoms. The van der Waals surface area contributed by atoms with Crippen LogP contribution in [0.3, 0.4) is 0 Å². The third-order valence-corrected chi connectivity index (χ3v) is 3.98. The van der Waals surface area contributed by atoms with Crippen molar-refractivity contribution in [3.05, 3.63) is 89.4 Å². The lowest BCUT2D eigenvalue weighted by Gasteiger charge is -2.10. The number of anilines is 1. The molecule has 7 nitrogen and oxygen atoms in total. The van der Waals surface area contributed by atoms with Gasteiger partial charge in [-0.2, -0.15) is 0 Å². The van der Waals surface area contributed by atoms with Crippen LogP contribution in [-0.2, 0) is 22.7 Å². The van der Waals surface area contributed by atoms with Crippen molar-refractivity contribution < 1.29 is 18.4 Å². The molecule has 0 unspecified atom stereocenters. The minimum absolute atomic E-state index is 0.0898. The predicted molar refractivity (Wildman–Crippen MR) is 104 cm³/mol. The molecule has 3 rings (SSSR count). The van der Waals surface area contributed by atoms with Gasteiger partial charge in [0.2, 0.25) is 0 Å². The maximum Gasteiger partial charge on any atom is 0.258 e. The molecule has 2 amide bonds. The van der Waals surface area contributed by atoms with Crippen LogP contribution in [-0.4, -0.2) is 11.8 Å². The molecule has 1 aromatic carbocycles. The Kier molecular flexibility index (Phi) is 6.54. The summed E-state index contributed by atoms with van der Waals surface area (Å²) in [5.74, 6) is 0.0633. The van der Waals surface area contributed by atoms with Crippen molar-refractivity contribution in [1.29, 1.82) is 0 Å². The number of hydrogen-bond acceptors (Lipinski definition) is 5. The Morgan fingerprint density at radius 1 is 0.857 bits per heavy atom. The monoisotopic (exact) mass is 399 g/mol. The molecule has 2 aromatic heterocycles. The predicted octanol–water partition coefficient (Wildman–Crippen LogP) is 3.45. The van der Waals surface area contributed by atoms with Crippen LogP contribution in [0.2, 0.25) is 5.02 Å². The van der Waals surface area contributed by atoms with Crippen molar-refractivity contribution in [3.8, 4) is 0 Å². The average Bonchev–Trinajstić information content (AvgIpc) is 3.40. The van der Waals surface area contributed by atoms with Crippen LogP contribution < -0.4 is 16.0 Å². The van der Waals surface area contributed by atoms with Crippen molar-refractivity contribution in [1.82, 2.24) is 10.6 Å². The van der Waals surface area contributed by atoms with Crippen molar-refractivity contribution in [2.75, 3.05) is 5.32 Å². The number of nitrogens with one attached hydrogen (secondary N) is 3. The van der Waals surface area contributed by atoms with E-state index in [9.17, 15) is 9.59 Å². The highest BCUT2D eigenvalue weighted by molar-refractivity contribution is 6.30. The second-order valence-electron chi connectivity index (χ2n) is 5.73. The van der Waals surface area contributed by atoms with E-state index in [1.54, 1.807) is 48.5 Å². The largest absolute Gasteiger partial charge is 0.467 e. The Hall–Kier alpha value is -3.45. The van der Waals surface area contributed by atoms with E-state index >= 15 is 0 Å². The highest BCUT2D eigenvalue weighted by Crippen LogP contribution is 2.14. The third kappa shape index (κ3) is 5.52. The van der Waals surface area contributed by atoms with Gasteiger partial charge in [-0.1, -0.05) is 11.6 Å². The molecule has 0 aliphatic carbocycles. The summed E-state index contributed by atoms with van der Waals surface area (Å²) in [6, 6.07) is 13.8. The Bertz CT molecular complexity index is 880. The van der Waals surface area contributed by atoms with Crippen LogP contribution >= 0.6 is 11.6 Å². The number of halogens is 1. The van der Waals surface area contributed by atoms with Crippen molar-refractivity contribution in [2.45, 2.75) is 13.1 Å². The molecule has 0 saturated carbocycles. The van der Waals surface area contributed by atoms with Crippen LogP contribution in [0.4, 0.5) is 5.69 Å². The van der Waals surface area contributed by atoms with Crippen LogP contribution in [0.25, 0.3) is 0 Å². The number of furan rings is 2. The summed E-state index contributed by atoms with van der Waals surface area (Å²) in [6.45, 7) is 0.325. The highest BCUT2D eigenvalue weighted by atomic mass is 35.5. The fraction of sp³-hybridized carbons (Fsp3) is 0.100. The first-order chi connectivity index (χ1) is 13.6. The van der Waals surface area contributed by atoms with Crippen LogP contribution in [0, 0.1) is 0 Å². The van der Waals surface area contributed by atoms with E-state index in [0.29, 0.717) is 22.2 Å². The third-order valence-electron chi connectivity index (χ3n) is 3.72. The molecule has 0 radical (unpaired) electrons. The lowest BCUT2D eigenvalue weighted by atomic mass is 10.2. The molecule has 0 aliphatic heterocycles. The Morgan fingerprint density at radius 3 is 1.86 bits per heavy atom. The quantitative estimate of drug-likeness (QED) is 0.306. The zero-order valence-electron chi connectivity index (χ0n) is 14.8. The Balaban J connectivity index is 1.69. The smallest absolute Gasteiger partial charge is 0.258 e. The summed E-state index contributed by atoms with van der Waals surface area (Å²) in [6.07, 6.45) is 4.37. The van der Waals surface area contributed by atoms with E-state index in [1.807, 2.05) is 0 Å². The summed E-state index contributed by atoms with van der Waals surface area (Å²) in [5, 5.41) is 8.83. The van der Waals surface area contributed by atoms with Gasteiger partial charge in [-0.25, -0.2) is 0 Å². The summed E-state index contributed by atoms with van der Waals surface area (Å²) < 4.78 is 10.4.